The topological polar surface area (TPSA) is 121 Å². The first-order valence-corrected chi connectivity index (χ1v) is 2.24. The Morgan fingerprint density at radius 3 is 1.25 bits per heavy atom. The molecule has 0 aromatic carbocycles. The molecule has 12 heavy (non-hydrogen) atoms. The molecule has 0 aliphatic rings. The van der Waals surface area contributed by atoms with Crippen LogP contribution in [-0.2, 0) is 9.59 Å². The number of aliphatic hydroxyl groups excluding tert-OH is 2. The van der Waals surface area contributed by atoms with Gasteiger partial charge in [-0.3, -0.25) is 0 Å². The molecular formula is C4H4NaO6Th+3. The Hall–Kier alpha value is 1.18. The molecule has 2 atom stereocenters. The molecule has 0 aliphatic heterocycles. The van der Waals surface area contributed by atoms with E-state index in [-0.39, 0.29) is 69.5 Å². The standard InChI is InChI=1S/C4H6O6.Na.Th/c5-1(3(7)8)2(6)4(9)10;;/h1-2,5-6H,(H,7,8)(H,9,10);;/q;+1;+4/p-2. The zero-order valence-electron chi connectivity index (χ0n) is 6.18. The molecule has 2 unspecified atom stereocenters. The van der Waals surface area contributed by atoms with Gasteiger partial charge in [-0.05, 0) is 0 Å². The zero-order chi connectivity index (χ0) is 8.31. The molecule has 0 aromatic rings. The van der Waals surface area contributed by atoms with E-state index in [9.17, 15) is 19.8 Å². The normalized spacial score (nSPS) is 13.2. The molecule has 0 spiro atoms. The minimum Gasteiger partial charge on any atom is -0.547 e. The Labute approximate surface area is 122 Å². The first-order chi connectivity index (χ1) is 4.46. The first-order valence-electron chi connectivity index (χ1n) is 2.24. The summed E-state index contributed by atoms with van der Waals surface area (Å²) in [6, 6.07) is 0. The average molecular weight is 403 g/mol. The molecule has 0 amide bonds. The summed E-state index contributed by atoms with van der Waals surface area (Å²) in [5.41, 5.74) is 0. The minimum atomic E-state index is -2.44. The fourth-order valence-electron chi connectivity index (χ4n) is 0.258. The van der Waals surface area contributed by atoms with Gasteiger partial charge < -0.3 is 30.0 Å². The van der Waals surface area contributed by atoms with Crippen LogP contribution < -0.4 is 39.8 Å². The average Bonchev–Trinajstić information content (AvgIpc) is 1.84. The summed E-state index contributed by atoms with van der Waals surface area (Å²) in [7, 11) is 0. The van der Waals surface area contributed by atoms with E-state index >= 15 is 0 Å². The molecule has 58 valence electrons. The molecule has 0 radical (unpaired) electrons. The van der Waals surface area contributed by atoms with Crippen molar-refractivity contribution < 1.29 is 99.5 Å². The van der Waals surface area contributed by atoms with Gasteiger partial charge in [-0.2, -0.15) is 0 Å². The molecule has 0 aromatic heterocycles. The van der Waals surface area contributed by atoms with Gasteiger partial charge in [0.05, 0.1) is 11.9 Å². The molecule has 0 heterocycles. The van der Waals surface area contributed by atoms with Crippen LogP contribution in [0.1, 0.15) is 0 Å². The Morgan fingerprint density at radius 2 is 1.17 bits per heavy atom. The maximum Gasteiger partial charge on any atom is 4.00 e. The van der Waals surface area contributed by atoms with Crippen molar-refractivity contribution in [1.82, 2.24) is 0 Å². The van der Waals surface area contributed by atoms with Gasteiger partial charge in [-0.1, -0.05) is 0 Å². The number of aliphatic hydroxyl groups is 2. The number of carboxylic acid groups (broad SMARTS) is 2. The van der Waals surface area contributed by atoms with Gasteiger partial charge in [0.1, 0.15) is 12.2 Å². The number of rotatable bonds is 3. The summed E-state index contributed by atoms with van der Waals surface area (Å²) in [6.07, 6.45) is -4.88. The van der Waals surface area contributed by atoms with Gasteiger partial charge in [-0.15, -0.1) is 0 Å². The summed E-state index contributed by atoms with van der Waals surface area (Å²) in [5.74, 6) is -4.12. The smallest absolute Gasteiger partial charge is 0.547 e. The summed E-state index contributed by atoms with van der Waals surface area (Å²) in [4.78, 5) is 19.3. The van der Waals surface area contributed by atoms with Gasteiger partial charge in [0.15, 0.2) is 0 Å². The molecule has 0 rings (SSSR count). The van der Waals surface area contributed by atoms with Crippen molar-refractivity contribution in [3.63, 3.8) is 0 Å². The van der Waals surface area contributed by atoms with Crippen LogP contribution in [0.3, 0.4) is 0 Å². The van der Waals surface area contributed by atoms with E-state index < -0.39 is 24.1 Å². The van der Waals surface area contributed by atoms with Gasteiger partial charge in [0.2, 0.25) is 0 Å². The van der Waals surface area contributed by atoms with Gasteiger partial charge in [0.25, 0.3) is 0 Å². The van der Waals surface area contributed by atoms with Crippen molar-refractivity contribution >= 4 is 11.9 Å². The molecule has 0 saturated heterocycles. The van der Waals surface area contributed by atoms with Crippen molar-refractivity contribution in [3.05, 3.63) is 0 Å². The summed E-state index contributed by atoms with van der Waals surface area (Å²) in [5, 5.41) is 35.7. The van der Waals surface area contributed by atoms with Crippen LogP contribution in [0.25, 0.3) is 0 Å². The van der Waals surface area contributed by atoms with Crippen LogP contribution in [0.2, 0.25) is 0 Å². The zero-order valence-corrected chi connectivity index (χ0v) is 12.3. The third kappa shape index (κ3) is 6.67. The number of hydrogen-bond acceptors (Lipinski definition) is 6. The SMILES string of the molecule is O=C([O-])C(O)C(O)C(=O)[O-].[Na+].[Th+4]. The van der Waals surface area contributed by atoms with E-state index in [1.54, 1.807) is 0 Å². The fraction of sp³-hybridized carbons (Fsp3) is 0.500. The van der Waals surface area contributed by atoms with Gasteiger partial charge >= 0.3 is 69.5 Å². The van der Waals surface area contributed by atoms with E-state index in [2.05, 4.69) is 0 Å². The minimum absolute atomic E-state index is 0. The molecule has 8 heteroatoms. The second-order valence-corrected chi connectivity index (χ2v) is 1.53. The third-order valence-electron chi connectivity index (χ3n) is 0.782. The van der Waals surface area contributed by atoms with E-state index in [0.29, 0.717) is 0 Å². The summed E-state index contributed by atoms with van der Waals surface area (Å²) < 4.78 is 0. The molecule has 2 N–H and O–H groups in total. The monoisotopic (exact) mass is 403 g/mol. The Morgan fingerprint density at radius 1 is 1.00 bits per heavy atom. The number of aliphatic carboxylic acids is 2. The predicted molar refractivity (Wildman–Crippen MR) is 22.0 cm³/mol. The van der Waals surface area contributed by atoms with Gasteiger partial charge in [-0.25, -0.2) is 0 Å². The van der Waals surface area contributed by atoms with E-state index in [0.717, 1.165) is 0 Å². The number of carbonyl (C=O) groups is 2. The predicted octanol–water partition coefficient (Wildman–Crippen LogP) is -7.79. The second-order valence-electron chi connectivity index (χ2n) is 1.53. The Balaban J connectivity index is -0.000000405. The van der Waals surface area contributed by atoms with Crippen LogP contribution in [0.15, 0.2) is 0 Å². The molecule has 0 fully saturated rings. The van der Waals surface area contributed by atoms with Crippen LogP contribution in [0.5, 0.6) is 0 Å². The Bertz CT molecular complexity index is 144. The summed E-state index contributed by atoms with van der Waals surface area (Å²) >= 11 is 0. The fourth-order valence-corrected chi connectivity index (χ4v) is 0.258. The molecule has 0 aliphatic carbocycles. The van der Waals surface area contributed by atoms with Crippen molar-refractivity contribution in [1.29, 1.82) is 0 Å². The van der Waals surface area contributed by atoms with E-state index in [4.69, 9.17) is 10.2 Å². The summed E-state index contributed by atoms with van der Waals surface area (Å²) in [6.45, 7) is 0. The molecule has 0 saturated carbocycles. The van der Waals surface area contributed by atoms with E-state index in [1.807, 2.05) is 0 Å². The van der Waals surface area contributed by atoms with Crippen LogP contribution in [-0.4, -0.2) is 34.4 Å². The maximum atomic E-state index is 9.63. The first kappa shape index (κ1) is 18.9. The molecule has 0 bridgehead atoms. The second kappa shape index (κ2) is 8.77. The largest absolute Gasteiger partial charge is 4.00 e. The van der Waals surface area contributed by atoms with Crippen LogP contribution >= 0.6 is 0 Å². The molecular weight excluding hydrogens is 399 g/mol. The quantitative estimate of drug-likeness (QED) is 0.452. The number of carboxylic acids is 2. The van der Waals surface area contributed by atoms with Crippen LogP contribution in [0.4, 0.5) is 0 Å². The maximum absolute atomic E-state index is 9.63. The molecule has 6 nitrogen and oxygen atoms in total. The number of hydrogen-bond donors (Lipinski definition) is 2. The van der Waals surface area contributed by atoms with Crippen molar-refractivity contribution in [2.24, 2.45) is 0 Å². The van der Waals surface area contributed by atoms with Crippen molar-refractivity contribution in [2.45, 2.75) is 12.2 Å². The van der Waals surface area contributed by atoms with Gasteiger partial charge in [0, 0.05) is 0 Å². The van der Waals surface area contributed by atoms with Crippen molar-refractivity contribution in [2.75, 3.05) is 0 Å². The van der Waals surface area contributed by atoms with Crippen molar-refractivity contribution in [3.8, 4) is 0 Å². The van der Waals surface area contributed by atoms with E-state index in [1.165, 1.54) is 0 Å². The Kier molecular flexibility index (Phi) is 13.8. The third-order valence-corrected chi connectivity index (χ3v) is 0.782. The number of carbonyl (C=O) groups excluding carboxylic acids is 2. The van der Waals surface area contributed by atoms with Crippen LogP contribution in [0, 0.1) is 39.9 Å².